The summed E-state index contributed by atoms with van der Waals surface area (Å²) < 4.78 is 0. The van der Waals surface area contributed by atoms with Crippen LogP contribution in [0.15, 0.2) is 42.5 Å². The number of primary amides is 1. The van der Waals surface area contributed by atoms with E-state index in [1.165, 1.54) is 0 Å². The van der Waals surface area contributed by atoms with Crippen LogP contribution in [0.1, 0.15) is 15.9 Å². The van der Waals surface area contributed by atoms with Gasteiger partial charge >= 0.3 is 0 Å². The molecule has 0 aliphatic heterocycles. The maximum Gasteiger partial charge on any atom is 0.248 e. The molecule has 2 aromatic carbocycles. The second-order valence-electron chi connectivity index (χ2n) is 4.63. The number of nitrogens with zero attached hydrogens (tertiary/aromatic N) is 1. The summed E-state index contributed by atoms with van der Waals surface area (Å²) in [6.45, 7) is 0.667. The van der Waals surface area contributed by atoms with E-state index < -0.39 is 5.91 Å². The van der Waals surface area contributed by atoms with Crippen LogP contribution in [-0.2, 0) is 6.54 Å². The molecule has 0 radical (unpaired) electrons. The van der Waals surface area contributed by atoms with Gasteiger partial charge in [-0.25, -0.2) is 0 Å². The standard InChI is InChI=1S/C15H16ClN3O/c1-19(9-10-3-2-4-12(17)7-10)14-6-5-11(15(18)20)8-13(14)16/h2-8H,9,17H2,1H3,(H2,18,20). The summed E-state index contributed by atoms with van der Waals surface area (Å²) in [5.74, 6) is -0.489. The number of carbonyl (C=O) groups excluding carboxylic acids is 1. The normalized spacial score (nSPS) is 10.3. The molecule has 1 amide bonds. The molecule has 0 aromatic heterocycles. The van der Waals surface area contributed by atoms with Crippen molar-refractivity contribution in [1.82, 2.24) is 0 Å². The molecule has 0 unspecified atom stereocenters. The number of anilines is 2. The molecule has 0 fully saturated rings. The lowest BCUT2D eigenvalue weighted by Crippen LogP contribution is -2.17. The van der Waals surface area contributed by atoms with Crippen molar-refractivity contribution in [2.45, 2.75) is 6.54 Å². The fraction of sp³-hybridized carbons (Fsp3) is 0.133. The van der Waals surface area contributed by atoms with E-state index >= 15 is 0 Å². The van der Waals surface area contributed by atoms with E-state index in [0.29, 0.717) is 17.1 Å². The molecule has 2 aromatic rings. The van der Waals surface area contributed by atoms with Gasteiger partial charge < -0.3 is 16.4 Å². The summed E-state index contributed by atoms with van der Waals surface area (Å²) in [6.07, 6.45) is 0. The number of nitrogen functional groups attached to an aromatic ring is 1. The molecule has 0 atom stereocenters. The van der Waals surface area contributed by atoms with Gasteiger partial charge in [0.2, 0.25) is 5.91 Å². The molecule has 0 aliphatic carbocycles. The summed E-state index contributed by atoms with van der Waals surface area (Å²) in [7, 11) is 1.92. The third-order valence-corrected chi connectivity index (χ3v) is 3.32. The van der Waals surface area contributed by atoms with Gasteiger partial charge in [-0.2, -0.15) is 0 Å². The van der Waals surface area contributed by atoms with Gasteiger partial charge in [-0.05, 0) is 35.9 Å². The third-order valence-electron chi connectivity index (χ3n) is 3.01. The molecule has 4 N–H and O–H groups in total. The van der Waals surface area contributed by atoms with Crippen molar-refractivity contribution in [3.8, 4) is 0 Å². The van der Waals surface area contributed by atoms with Crippen LogP contribution in [0, 0.1) is 0 Å². The van der Waals surface area contributed by atoms with Crippen molar-refractivity contribution in [3.05, 3.63) is 58.6 Å². The molecule has 0 saturated carbocycles. The van der Waals surface area contributed by atoms with Crippen LogP contribution in [0.2, 0.25) is 5.02 Å². The molecular weight excluding hydrogens is 274 g/mol. The fourth-order valence-electron chi connectivity index (χ4n) is 2.02. The number of halogens is 1. The highest BCUT2D eigenvalue weighted by Gasteiger charge is 2.10. The van der Waals surface area contributed by atoms with Crippen LogP contribution in [0.3, 0.4) is 0 Å². The summed E-state index contributed by atoms with van der Waals surface area (Å²) in [6, 6.07) is 12.7. The molecule has 0 aliphatic rings. The van der Waals surface area contributed by atoms with E-state index in [1.54, 1.807) is 18.2 Å². The Morgan fingerprint density at radius 2 is 2.00 bits per heavy atom. The third kappa shape index (κ3) is 3.22. The Bertz CT molecular complexity index is 643. The Hall–Kier alpha value is -2.20. The summed E-state index contributed by atoms with van der Waals surface area (Å²) >= 11 is 6.19. The van der Waals surface area contributed by atoms with Crippen LogP contribution < -0.4 is 16.4 Å². The summed E-state index contributed by atoms with van der Waals surface area (Å²) in [5, 5.41) is 0.493. The minimum Gasteiger partial charge on any atom is -0.399 e. The molecule has 5 heteroatoms. The van der Waals surface area contributed by atoms with Gasteiger partial charge in [0.25, 0.3) is 0 Å². The van der Waals surface area contributed by atoms with Gasteiger partial charge in [0.05, 0.1) is 10.7 Å². The number of rotatable bonds is 4. The zero-order chi connectivity index (χ0) is 14.7. The van der Waals surface area contributed by atoms with E-state index in [-0.39, 0.29) is 0 Å². The lowest BCUT2D eigenvalue weighted by molar-refractivity contribution is 0.100. The van der Waals surface area contributed by atoms with E-state index in [1.807, 2.05) is 36.2 Å². The monoisotopic (exact) mass is 289 g/mol. The van der Waals surface area contributed by atoms with E-state index in [2.05, 4.69) is 0 Å². The van der Waals surface area contributed by atoms with Gasteiger partial charge in [0.1, 0.15) is 0 Å². The Morgan fingerprint density at radius 1 is 1.25 bits per heavy atom. The number of amides is 1. The van der Waals surface area contributed by atoms with E-state index in [9.17, 15) is 4.79 Å². The summed E-state index contributed by atoms with van der Waals surface area (Å²) in [5.41, 5.74) is 14.0. The van der Waals surface area contributed by atoms with Crippen LogP contribution in [0.25, 0.3) is 0 Å². The molecule has 0 bridgehead atoms. The average molecular weight is 290 g/mol. The van der Waals surface area contributed by atoms with Crippen LogP contribution >= 0.6 is 11.6 Å². The van der Waals surface area contributed by atoms with Crippen LogP contribution in [0.4, 0.5) is 11.4 Å². The lowest BCUT2D eigenvalue weighted by Gasteiger charge is -2.21. The number of nitrogens with two attached hydrogens (primary N) is 2. The number of benzene rings is 2. The average Bonchev–Trinajstić information content (AvgIpc) is 2.38. The Morgan fingerprint density at radius 3 is 2.60 bits per heavy atom. The number of carbonyl (C=O) groups is 1. The number of hydrogen-bond acceptors (Lipinski definition) is 3. The second-order valence-corrected chi connectivity index (χ2v) is 5.04. The smallest absolute Gasteiger partial charge is 0.248 e. The zero-order valence-electron chi connectivity index (χ0n) is 11.1. The van der Waals surface area contributed by atoms with Crippen molar-refractivity contribution in [3.63, 3.8) is 0 Å². The topological polar surface area (TPSA) is 72.3 Å². The molecule has 4 nitrogen and oxygen atoms in total. The maximum absolute atomic E-state index is 11.1. The predicted octanol–water partition coefficient (Wildman–Crippen LogP) is 2.66. The zero-order valence-corrected chi connectivity index (χ0v) is 11.9. The molecular formula is C15H16ClN3O. The maximum atomic E-state index is 11.1. The predicted molar refractivity (Wildman–Crippen MR) is 82.9 cm³/mol. The minimum absolute atomic E-state index is 0.399. The Balaban J connectivity index is 2.21. The second kappa shape index (κ2) is 5.84. The largest absolute Gasteiger partial charge is 0.399 e. The van der Waals surface area contributed by atoms with Gasteiger partial charge in [-0.15, -0.1) is 0 Å². The van der Waals surface area contributed by atoms with Gasteiger partial charge in [-0.1, -0.05) is 23.7 Å². The van der Waals surface area contributed by atoms with Crippen molar-refractivity contribution in [2.24, 2.45) is 5.73 Å². The van der Waals surface area contributed by atoms with E-state index in [4.69, 9.17) is 23.1 Å². The van der Waals surface area contributed by atoms with Gasteiger partial charge in [0.15, 0.2) is 0 Å². The van der Waals surface area contributed by atoms with Crippen molar-refractivity contribution >= 4 is 28.9 Å². The molecule has 20 heavy (non-hydrogen) atoms. The first-order valence-electron chi connectivity index (χ1n) is 6.12. The highest BCUT2D eigenvalue weighted by Crippen LogP contribution is 2.27. The lowest BCUT2D eigenvalue weighted by atomic mass is 10.1. The minimum atomic E-state index is -0.489. The van der Waals surface area contributed by atoms with Crippen molar-refractivity contribution in [2.75, 3.05) is 17.7 Å². The summed E-state index contributed by atoms with van der Waals surface area (Å²) in [4.78, 5) is 13.1. The first-order chi connectivity index (χ1) is 9.47. The molecule has 2 rings (SSSR count). The molecule has 0 saturated heterocycles. The number of hydrogen-bond donors (Lipinski definition) is 2. The SMILES string of the molecule is CN(Cc1cccc(N)c1)c1ccc(C(N)=O)cc1Cl. The molecule has 0 heterocycles. The van der Waals surface area contributed by atoms with E-state index in [0.717, 1.165) is 16.9 Å². The Kier molecular flexibility index (Phi) is 4.15. The Labute approximate surface area is 122 Å². The van der Waals surface area contributed by atoms with Crippen LogP contribution in [-0.4, -0.2) is 13.0 Å². The van der Waals surface area contributed by atoms with Crippen molar-refractivity contribution in [1.29, 1.82) is 0 Å². The quantitative estimate of drug-likeness (QED) is 0.850. The first-order valence-corrected chi connectivity index (χ1v) is 6.50. The van der Waals surface area contributed by atoms with Crippen LogP contribution in [0.5, 0.6) is 0 Å². The van der Waals surface area contributed by atoms with Crippen molar-refractivity contribution < 1.29 is 4.79 Å². The van der Waals surface area contributed by atoms with Gasteiger partial charge in [0, 0.05) is 24.8 Å². The van der Waals surface area contributed by atoms with Gasteiger partial charge in [-0.3, -0.25) is 4.79 Å². The highest BCUT2D eigenvalue weighted by atomic mass is 35.5. The highest BCUT2D eigenvalue weighted by molar-refractivity contribution is 6.33. The first kappa shape index (κ1) is 14.2. The molecule has 0 spiro atoms. The molecule has 104 valence electrons. The fourth-order valence-corrected chi connectivity index (χ4v) is 2.35.